The molecule has 1 aliphatic rings. The molecule has 11 heteroatoms. The fourth-order valence-corrected chi connectivity index (χ4v) is 4.16. The molecule has 1 atom stereocenters. The lowest BCUT2D eigenvalue weighted by Crippen LogP contribution is -2.45. The van der Waals surface area contributed by atoms with Gasteiger partial charge in [-0.3, -0.25) is 9.59 Å². The van der Waals surface area contributed by atoms with Gasteiger partial charge in [-0.05, 0) is 35.2 Å². The van der Waals surface area contributed by atoms with Crippen LogP contribution < -0.4 is 5.32 Å². The Morgan fingerprint density at radius 3 is 2.39 bits per heavy atom. The molecule has 0 aliphatic carbocycles. The van der Waals surface area contributed by atoms with Gasteiger partial charge in [-0.15, -0.1) is 0 Å². The van der Waals surface area contributed by atoms with Gasteiger partial charge in [0.05, 0.1) is 11.0 Å². The number of benzene rings is 2. The van der Waals surface area contributed by atoms with Crippen LogP contribution in [0.1, 0.15) is 35.1 Å². The molecule has 2 amide bonds. The maximum absolute atomic E-state index is 13.2. The number of amides is 2. The maximum atomic E-state index is 13.2. The lowest BCUT2D eigenvalue weighted by Gasteiger charge is -2.27. The first-order valence-corrected chi connectivity index (χ1v) is 11.2. The molecular weight excluding hydrogens is 484 g/mol. The molecule has 1 fully saturated rings. The number of ether oxygens (including phenoxy) is 1. The second-order valence-corrected chi connectivity index (χ2v) is 8.72. The van der Waals surface area contributed by atoms with E-state index >= 15 is 0 Å². The first-order chi connectivity index (χ1) is 17.1. The fourth-order valence-electron chi connectivity index (χ4n) is 4.16. The number of halogens is 4. The third-order valence-corrected chi connectivity index (χ3v) is 6.00. The molecule has 3 rings (SSSR count). The van der Waals surface area contributed by atoms with Crippen molar-refractivity contribution in [3.63, 3.8) is 0 Å². The summed E-state index contributed by atoms with van der Waals surface area (Å²) in [4.78, 5) is 39.0. The standard InChI is InChI=1S/C25H26F4N2O5/c26-12-18-8-19(10-20(9-18)25(27,28)29)13-30-22(34)24(11-21(33)14-32)6-7-31(16-24)23(35)36-15-17-4-2-1-3-5-17/h1-5,8-10,32H,6-7,11-16H2,(H,30,34). The second kappa shape index (κ2) is 11.5. The minimum Gasteiger partial charge on any atom is -0.445 e. The molecule has 0 bridgehead atoms. The van der Waals surface area contributed by atoms with Crippen LogP contribution in [-0.4, -0.2) is 47.5 Å². The van der Waals surface area contributed by atoms with Gasteiger partial charge in [0, 0.05) is 26.1 Å². The van der Waals surface area contributed by atoms with Crippen LogP contribution in [0.4, 0.5) is 22.4 Å². The zero-order valence-electron chi connectivity index (χ0n) is 19.3. The van der Waals surface area contributed by atoms with E-state index in [1.165, 1.54) is 11.0 Å². The van der Waals surface area contributed by atoms with Crippen LogP contribution in [0.25, 0.3) is 0 Å². The van der Waals surface area contributed by atoms with Crippen molar-refractivity contribution in [1.29, 1.82) is 0 Å². The van der Waals surface area contributed by atoms with E-state index in [0.717, 1.165) is 11.6 Å². The minimum absolute atomic E-state index is 0.0113. The summed E-state index contributed by atoms with van der Waals surface area (Å²) in [6.45, 7) is -2.31. The molecular formula is C25H26F4N2O5. The van der Waals surface area contributed by atoms with Crippen molar-refractivity contribution in [3.05, 3.63) is 70.8 Å². The number of Topliss-reactive ketones (excluding diaryl/α,β-unsaturated/α-hetero) is 1. The van der Waals surface area contributed by atoms with E-state index in [-0.39, 0.29) is 50.2 Å². The number of nitrogens with zero attached hydrogens (tertiary/aromatic N) is 1. The molecule has 1 heterocycles. The normalized spacial score (nSPS) is 17.6. The summed E-state index contributed by atoms with van der Waals surface area (Å²) < 4.78 is 57.8. The molecule has 1 aliphatic heterocycles. The average molecular weight is 510 g/mol. The average Bonchev–Trinajstić information content (AvgIpc) is 3.30. The molecule has 2 N–H and O–H groups in total. The highest BCUT2D eigenvalue weighted by Crippen LogP contribution is 2.36. The Labute approximate surface area is 205 Å². The number of nitrogens with one attached hydrogen (secondary N) is 1. The maximum Gasteiger partial charge on any atom is 0.416 e. The Morgan fingerprint density at radius 1 is 1.06 bits per heavy atom. The van der Waals surface area contributed by atoms with Crippen molar-refractivity contribution in [2.45, 2.75) is 38.8 Å². The molecule has 36 heavy (non-hydrogen) atoms. The monoisotopic (exact) mass is 510 g/mol. The molecule has 7 nitrogen and oxygen atoms in total. The molecule has 2 aromatic carbocycles. The van der Waals surface area contributed by atoms with Crippen LogP contribution in [-0.2, 0) is 40.3 Å². The van der Waals surface area contributed by atoms with Crippen molar-refractivity contribution in [3.8, 4) is 0 Å². The topological polar surface area (TPSA) is 95.9 Å². The minimum atomic E-state index is -4.69. The molecule has 1 unspecified atom stereocenters. The number of carbonyl (C=O) groups is 3. The van der Waals surface area contributed by atoms with E-state index in [1.54, 1.807) is 24.3 Å². The van der Waals surface area contributed by atoms with Crippen molar-refractivity contribution < 1.29 is 41.8 Å². The van der Waals surface area contributed by atoms with Crippen LogP contribution in [0.2, 0.25) is 0 Å². The summed E-state index contributed by atoms with van der Waals surface area (Å²) in [5.74, 6) is -1.29. The van der Waals surface area contributed by atoms with Crippen molar-refractivity contribution in [2.24, 2.45) is 5.41 Å². The summed E-state index contributed by atoms with van der Waals surface area (Å²) in [5.41, 5.74) is -1.83. The highest BCUT2D eigenvalue weighted by atomic mass is 19.4. The Morgan fingerprint density at radius 2 is 1.75 bits per heavy atom. The van der Waals surface area contributed by atoms with Gasteiger partial charge in [-0.1, -0.05) is 36.4 Å². The first kappa shape index (κ1) is 27.1. The van der Waals surface area contributed by atoms with Crippen molar-refractivity contribution >= 4 is 17.8 Å². The van der Waals surface area contributed by atoms with E-state index in [0.29, 0.717) is 6.07 Å². The van der Waals surface area contributed by atoms with E-state index in [4.69, 9.17) is 4.74 Å². The fraction of sp³-hybridized carbons (Fsp3) is 0.400. The van der Waals surface area contributed by atoms with Gasteiger partial charge in [0.2, 0.25) is 5.91 Å². The van der Waals surface area contributed by atoms with Crippen molar-refractivity contribution in [2.75, 3.05) is 19.7 Å². The third-order valence-electron chi connectivity index (χ3n) is 6.00. The highest BCUT2D eigenvalue weighted by molar-refractivity contribution is 5.91. The SMILES string of the molecule is O=C(CO)CC1(C(=O)NCc2cc(CF)cc(C(F)(F)F)c2)CCN(C(=O)OCc2ccccc2)C1. The highest BCUT2D eigenvalue weighted by Gasteiger charge is 2.47. The van der Waals surface area contributed by atoms with Crippen LogP contribution in [0.15, 0.2) is 48.5 Å². The van der Waals surface area contributed by atoms with E-state index in [1.807, 2.05) is 6.07 Å². The number of aliphatic hydroxyl groups is 1. The lowest BCUT2D eigenvalue weighted by atomic mass is 9.81. The smallest absolute Gasteiger partial charge is 0.416 e. The second-order valence-electron chi connectivity index (χ2n) is 8.72. The molecule has 2 aromatic rings. The predicted octanol–water partition coefficient (Wildman–Crippen LogP) is 3.77. The number of likely N-dealkylation sites (tertiary alicyclic amines) is 1. The van der Waals surface area contributed by atoms with Crippen LogP contribution in [0.5, 0.6) is 0 Å². The molecule has 0 saturated carbocycles. The van der Waals surface area contributed by atoms with E-state index < -0.39 is 48.2 Å². The Kier molecular flexibility index (Phi) is 8.67. The van der Waals surface area contributed by atoms with Crippen LogP contribution in [0.3, 0.4) is 0 Å². The lowest BCUT2D eigenvalue weighted by molar-refractivity contribution is -0.137. The molecule has 0 aromatic heterocycles. The van der Waals surface area contributed by atoms with Gasteiger partial charge in [-0.2, -0.15) is 13.2 Å². The summed E-state index contributed by atoms with van der Waals surface area (Å²) in [6.07, 6.45) is -5.65. The van der Waals surface area contributed by atoms with Gasteiger partial charge in [0.15, 0.2) is 5.78 Å². The van der Waals surface area contributed by atoms with Gasteiger partial charge in [-0.25, -0.2) is 9.18 Å². The molecule has 0 radical (unpaired) electrons. The third kappa shape index (κ3) is 6.81. The summed E-state index contributed by atoms with van der Waals surface area (Å²) in [7, 11) is 0. The number of alkyl halides is 4. The largest absolute Gasteiger partial charge is 0.445 e. The zero-order chi connectivity index (χ0) is 26.3. The van der Waals surface area contributed by atoms with E-state index in [9.17, 15) is 37.1 Å². The van der Waals surface area contributed by atoms with E-state index in [2.05, 4.69) is 5.32 Å². The molecule has 0 spiro atoms. The Hall–Kier alpha value is -3.47. The first-order valence-electron chi connectivity index (χ1n) is 11.2. The number of carbonyl (C=O) groups excluding carboxylic acids is 3. The van der Waals surface area contributed by atoms with Gasteiger partial charge in [0.25, 0.3) is 0 Å². The molecule has 194 valence electrons. The van der Waals surface area contributed by atoms with Crippen LogP contribution in [0, 0.1) is 5.41 Å². The van der Waals surface area contributed by atoms with Gasteiger partial charge < -0.3 is 20.1 Å². The quantitative estimate of drug-likeness (QED) is 0.501. The number of hydrogen-bond donors (Lipinski definition) is 2. The van der Waals surface area contributed by atoms with Crippen molar-refractivity contribution in [1.82, 2.24) is 10.2 Å². The van der Waals surface area contributed by atoms with Gasteiger partial charge >= 0.3 is 12.3 Å². The predicted molar refractivity (Wildman–Crippen MR) is 120 cm³/mol. The zero-order valence-corrected chi connectivity index (χ0v) is 19.3. The number of rotatable bonds is 9. The summed E-state index contributed by atoms with van der Waals surface area (Å²) >= 11 is 0. The summed E-state index contributed by atoms with van der Waals surface area (Å²) in [6, 6.07) is 11.7. The Balaban J connectivity index is 1.71. The number of aliphatic hydroxyl groups excluding tert-OH is 1. The molecule has 1 saturated heterocycles. The summed E-state index contributed by atoms with van der Waals surface area (Å²) in [5, 5.41) is 11.7. The number of ketones is 1. The van der Waals surface area contributed by atoms with Crippen LogP contribution >= 0.6 is 0 Å². The van der Waals surface area contributed by atoms with Gasteiger partial charge in [0.1, 0.15) is 19.9 Å². The number of hydrogen-bond acceptors (Lipinski definition) is 5. The Bertz CT molecular complexity index is 1090.